The fraction of sp³-hybridized carbons (Fsp3) is 0.600. The molecule has 0 spiro atoms. The molecule has 0 amide bonds. The zero-order valence-corrected chi connectivity index (χ0v) is 12.7. The van der Waals surface area contributed by atoms with Crippen molar-refractivity contribution in [1.82, 2.24) is 5.32 Å². The van der Waals surface area contributed by atoms with Gasteiger partial charge in [0, 0.05) is 12.1 Å². The van der Waals surface area contributed by atoms with E-state index in [1.807, 2.05) is 38.1 Å². The lowest BCUT2D eigenvalue weighted by atomic mass is 9.94. The van der Waals surface area contributed by atoms with Crippen LogP contribution >= 0.6 is 0 Å². The number of para-hydroxylation sites is 1. The van der Waals surface area contributed by atoms with E-state index in [1.54, 1.807) is 0 Å². The van der Waals surface area contributed by atoms with Crippen molar-refractivity contribution in [3.63, 3.8) is 0 Å². The van der Waals surface area contributed by atoms with Gasteiger partial charge >= 0.3 is 0 Å². The van der Waals surface area contributed by atoms with Crippen molar-refractivity contribution in [1.29, 1.82) is 0 Å². The third-order valence-corrected chi connectivity index (χ3v) is 6.59. The van der Waals surface area contributed by atoms with Gasteiger partial charge in [-0.3, -0.25) is 0 Å². The van der Waals surface area contributed by atoms with Crippen LogP contribution in [0.3, 0.4) is 0 Å². The quantitative estimate of drug-likeness (QED) is 0.927. The molecule has 1 fully saturated rings. The normalized spacial score (nSPS) is 29.9. The average molecular weight is 295 g/mol. The maximum atomic E-state index is 11.9. The van der Waals surface area contributed by atoms with Crippen LogP contribution < -0.4 is 10.1 Å². The molecule has 20 heavy (non-hydrogen) atoms. The van der Waals surface area contributed by atoms with E-state index in [4.69, 9.17) is 4.74 Å². The molecular formula is C15H21NO3S. The van der Waals surface area contributed by atoms with E-state index in [0.717, 1.165) is 24.2 Å². The molecule has 2 unspecified atom stereocenters. The van der Waals surface area contributed by atoms with Crippen molar-refractivity contribution in [2.24, 2.45) is 0 Å². The van der Waals surface area contributed by atoms with Crippen LogP contribution in [0.2, 0.25) is 0 Å². The van der Waals surface area contributed by atoms with Crippen molar-refractivity contribution in [3.05, 3.63) is 29.8 Å². The van der Waals surface area contributed by atoms with E-state index in [1.165, 1.54) is 0 Å². The molecular weight excluding hydrogens is 274 g/mol. The molecule has 0 bridgehead atoms. The fourth-order valence-electron chi connectivity index (χ4n) is 3.22. The first kappa shape index (κ1) is 13.9. The summed E-state index contributed by atoms with van der Waals surface area (Å²) in [5.41, 5.74) is 0.763. The van der Waals surface area contributed by atoms with E-state index in [9.17, 15) is 8.42 Å². The third-order valence-electron chi connectivity index (χ3n) is 4.31. The topological polar surface area (TPSA) is 55.4 Å². The smallest absolute Gasteiger partial charge is 0.154 e. The number of sulfone groups is 1. The van der Waals surface area contributed by atoms with Gasteiger partial charge in [-0.05, 0) is 32.8 Å². The summed E-state index contributed by atoms with van der Waals surface area (Å²) in [7, 11) is -2.90. The van der Waals surface area contributed by atoms with Gasteiger partial charge in [-0.1, -0.05) is 18.2 Å². The van der Waals surface area contributed by atoms with Crippen LogP contribution in [0.1, 0.15) is 38.3 Å². The monoisotopic (exact) mass is 295 g/mol. The number of nitrogens with one attached hydrogen (secondary N) is 1. The lowest BCUT2D eigenvalue weighted by Gasteiger charge is -2.28. The Morgan fingerprint density at radius 3 is 2.80 bits per heavy atom. The zero-order chi connectivity index (χ0) is 14.4. The molecule has 1 saturated heterocycles. The number of hydrogen-bond acceptors (Lipinski definition) is 4. The summed E-state index contributed by atoms with van der Waals surface area (Å²) < 4.78 is 29.8. The van der Waals surface area contributed by atoms with Gasteiger partial charge in [0.25, 0.3) is 0 Å². The van der Waals surface area contributed by atoms with Gasteiger partial charge in [-0.15, -0.1) is 0 Å². The van der Waals surface area contributed by atoms with Gasteiger partial charge in [-0.25, -0.2) is 8.42 Å². The largest absolute Gasteiger partial charge is 0.486 e. The molecule has 3 rings (SSSR count). The molecule has 4 nitrogen and oxygen atoms in total. The summed E-state index contributed by atoms with van der Waals surface area (Å²) in [6.07, 6.45) is 1.56. The molecule has 0 saturated carbocycles. The second-order valence-corrected chi connectivity index (χ2v) is 8.62. The Kier molecular flexibility index (Phi) is 3.29. The van der Waals surface area contributed by atoms with E-state index in [-0.39, 0.29) is 16.9 Å². The first-order valence-corrected chi connectivity index (χ1v) is 8.84. The molecule has 2 atom stereocenters. The number of benzene rings is 1. The Morgan fingerprint density at radius 1 is 1.35 bits per heavy atom. The third kappa shape index (κ3) is 2.33. The molecule has 1 aromatic carbocycles. The van der Waals surface area contributed by atoms with E-state index >= 15 is 0 Å². The summed E-state index contributed by atoms with van der Waals surface area (Å²) in [6.45, 7) is 4.58. The first-order valence-electron chi connectivity index (χ1n) is 7.13. The maximum Gasteiger partial charge on any atom is 0.154 e. The van der Waals surface area contributed by atoms with Crippen LogP contribution in [-0.2, 0) is 9.84 Å². The van der Waals surface area contributed by atoms with E-state index in [2.05, 4.69) is 5.32 Å². The number of ether oxygens (including phenoxy) is 1. The standard InChI is InChI=1S/C15H21NO3S/c1-15(2)14(12-7-3-4-8-13(12)19-15)16-10-11-6-5-9-20(11,17)18/h3-4,7-8,11,14,16H,5-6,9-10H2,1-2H3. The second-order valence-electron chi connectivity index (χ2n) is 6.22. The minimum atomic E-state index is -2.90. The molecule has 0 radical (unpaired) electrons. The Bertz CT molecular complexity index is 609. The van der Waals surface area contributed by atoms with Crippen molar-refractivity contribution in [2.75, 3.05) is 12.3 Å². The predicted molar refractivity (Wildman–Crippen MR) is 78.7 cm³/mol. The summed E-state index contributed by atoms with van der Waals surface area (Å²) in [5.74, 6) is 1.23. The number of fused-ring (bicyclic) bond motifs is 1. The van der Waals surface area contributed by atoms with Crippen LogP contribution in [0.4, 0.5) is 0 Å². The molecule has 1 aromatic rings. The SMILES string of the molecule is CC1(C)Oc2ccccc2C1NCC1CCCS1(=O)=O. The Hall–Kier alpha value is -1.07. The van der Waals surface area contributed by atoms with Crippen molar-refractivity contribution < 1.29 is 13.2 Å². The summed E-state index contributed by atoms with van der Waals surface area (Å²) in [5, 5.41) is 3.18. The highest BCUT2D eigenvalue weighted by Crippen LogP contribution is 2.42. The van der Waals surface area contributed by atoms with Crippen LogP contribution in [0.25, 0.3) is 0 Å². The average Bonchev–Trinajstić information content (AvgIpc) is 2.82. The van der Waals surface area contributed by atoms with Crippen LogP contribution in [-0.4, -0.2) is 31.6 Å². The van der Waals surface area contributed by atoms with E-state index in [0.29, 0.717) is 12.3 Å². The molecule has 110 valence electrons. The van der Waals surface area contributed by atoms with Crippen LogP contribution in [0.15, 0.2) is 24.3 Å². The molecule has 2 aliphatic rings. The number of hydrogen-bond donors (Lipinski definition) is 1. The predicted octanol–water partition coefficient (Wildman–Crippen LogP) is 2.07. The molecule has 0 aliphatic carbocycles. The minimum absolute atomic E-state index is 0.0366. The van der Waals surface area contributed by atoms with Crippen molar-refractivity contribution in [3.8, 4) is 5.75 Å². The Labute approximate surface area is 120 Å². The molecule has 1 N–H and O–H groups in total. The summed E-state index contributed by atoms with van der Waals surface area (Å²) in [6, 6.07) is 7.99. The van der Waals surface area contributed by atoms with Gasteiger partial charge < -0.3 is 10.1 Å². The highest BCUT2D eigenvalue weighted by atomic mass is 32.2. The first-order chi connectivity index (χ1) is 9.40. The van der Waals surface area contributed by atoms with Gasteiger partial charge in [0.2, 0.25) is 0 Å². The summed E-state index contributed by atoms with van der Waals surface area (Å²) >= 11 is 0. The highest BCUT2D eigenvalue weighted by Gasteiger charge is 2.42. The summed E-state index contributed by atoms with van der Waals surface area (Å²) in [4.78, 5) is 0. The molecule has 2 aliphatic heterocycles. The number of rotatable bonds is 3. The van der Waals surface area contributed by atoms with Crippen molar-refractivity contribution in [2.45, 2.75) is 43.6 Å². The molecule has 0 aromatic heterocycles. The second kappa shape index (κ2) is 4.74. The van der Waals surface area contributed by atoms with E-state index < -0.39 is 9.84 Å². The fourth-order valence-corrected chi connectivity index (χ4v) is 5.00. The Balaban J connectivity index is 1.77. The van der Waals surface area contributed by atoms with Gasteiger partial charge in [0.05, 0.1) is 17.0 Å². The lowest BCUT2D eigenvalue weighted by molar-refractivity contribution is 0.0966. The lowest BCUT2D eigenvalue weighted by Crippen LogP contribution is -2.42. The maximum absolute atomic E-state index is 11.9. The van der Waals surface area contributed by atoms with Gasteiger partial charge in [0.1, 0.15) is 11.4 Å². The van der Waals surface area contributed by atoms with Gasteiger partial charge in [0.15, 0.2) is 9.84 Å². The molecule has 2 heterocycles. The van der Waals surface area contributed by atoms with Crippen LogP contribution in [0.5, 0.6) is 5.75 Å². The van der Waals surface area contributed by atoms with Crippen molar-refractivity contribution >= 4 is 9.84 Å². The molecule has 5 heteroatoms. The van der Waals surface area contributed by atoms with Crippen LogP contribution in [0, 0.1) is 0 Å². The van der Waals surface area contributed by atoms with Gasteiger partial charge in [-0.2, -0.15) is 0 Å². The Morgan fingerprint density at radius 2 is 2.10 bits per heavy atom. The highest BCUT2D eigenvalue weighted by molar-refractivity contribution is 7.92. The minimum Gasteiger partial charge on any atom is -0.486 e. The zero-order valence-electron chi connectivity index (χ0n) is 11.9.